The molecule has 1 aromatic heterocycles. The molecule has 0 saturated carbocycles. The summed E-state index contributed by atoms with van der Waals surface area (Å²) >= 11 is 3.12. The molecule has 0 bridgehead atoms. The molecule has 0 atom stereocenters. The van der Waals surface area contributed by atoms with Gasteiger partial charge in [0.05, 0.1) is 31.2 Å². The Morgan fingerprint density at radius 1 is 1.60 bits per heavy atom. The Hall–Kier alpha value is -0.750. The maximum Gasteiger partial charge on any atom is 0.267 e. The Labute approximate surface area is 94.2 Å². The number of ether oxygens (including phenoxy) is 1. The van der Waals surface area contributed by atoms with E-state index in [-0.39, 0.29) is 16.9 Å². The van der Waals surface area contributed by atoms with Crippen LogP contribution in [0.2, 0.25) is 0 Å². The minimum absolute atomic E-state index is 0.00116. The number of alkyl halides is 3. The van der Waals surface area contributed by atoms with Crippen molar-refractivity contribution in [2.45, 2.75) is 18.4 Å². The highest BCUT2D eigenvalue weighted by Crippen LogP contribution is 2.33. The topological polar surface area (TPSA) is 42.4 Å². The summed E-state index contributed by atoms with van der Waals surface area (Å²) in [6.45, 7) is -0.481. The molecule has 0 spiro atoms. The van der Waals surface area contributed by atoms with Crippen molar-refractivity contribution < 1.29 is 18.6 Å². The minimum atomic E-state index is -2.69. The van der Waals surface area contributed by atoms with Gasteiger partial charge in [0.25, 0.3) is 6.43 Å². The van der Waals surface area contributed by atoms with E-state index in [1.807, 2.05) is 0 Å². The molecule has 0 radical (unpaired) electrons. The smallest absolute Gasteiger partial charge is 0.267 e. The van der Waals surface area contributed by atoms with E-state index in [0.29, 0.717) is 11.0 Å². The third kappa shape index (κ3) is 2.43. The monoisotopic (exact) mass is 281 g/mol. The van der Waals surface area contributed by atoms with E-state index in [4.69, 9.17) is 9.84 Å². The molecule has 84 valence electrons. The maximum absolute atomic E-state index is 12.7. The molecule has 15 heavy (non-hydrogen) atoms. The average Bonchev–Trinajstić information content (AvgIpc) is 2.26. The van der Waals surface area contributed by atoms with Crippen molar-refractivity contribution in [3.63, 3.8) is 0 Å². The summed E-state index contributed by atoms with van der Waals surface area (Å²) < 4.78 is 30.3. The first-order chi connectivity index (χ1) is 7.15. The molecule has 0 fully saturated rings. The lowest BCUT2D eigenvalue weighted by Gasteiger charge is -2.13. The Morgan fingerprint density at radius 3 is 2.67 bits per heavy atom. The average molecular weight is 282 g/mol. The number of hydrogen-bond acceptors (Lipinski definition) is 3. The number of hydrogen-bond donors (Lipinski definition) is 1. The summed E-state index contributed by atoms with van der Waals surface area (Å²) in [5, 5.41) is 9.36. The van der Waals surface area contributed by atoms with E-state index in [1.165, 1.54) is 13.3 Å². The third-order valence-corrected chi connectivity index (χ3v) is 2.53. The van der Waals surface area contributed by atoms with Crippen molar-refractivity contribution in [2.75, 3.05) is 7.11 Å². The molecule has 3 nitrogen and oxygen atoms in total. The lowest BCUT2D eigenvalue weighted by atomic mass is 10.1. The van der Waals surface area contributed by atoms with E-state index < -0.39 is 13.0 Å². The maximum atomic E-state index is 12.7. The fourth-order valence-corrected chi connectivity index (χ4v) is 1.76. The molecule has 0 saturated heterocycles. The number of nitrogens with zero attached hydrogens (tertiary/aromatic N) is 1. The predicted octanol–water partition coefficient (Wildman–Crippen LogP) is 2.42. The highest BCUT2D eigenvalue weighted by Gasteiger charge is 2.21. The Balaban J connectivity index is 3.37. The normalized spacial score (nSPS) is 10.8. The lowest BCUT2D eigenvalue weighted by Crippen LogP contribution is -2.05. The van der Waals surface area contributed by atoms with Gasteiger partial charge in [0, 0.05) is 10.9 Å². The van der Waals surface area contributed by atoms with Crippen LogP contribution in [-0.2, 0) is 11.9 Å². The lowest BCUT2D eigenvalue weighted by molar-refractivity contribution is 0.142. The SMILES string of the molecule is COc1cnc(CBr)c(CO)c1C(F)F. The molecule has 1 aromatic rings. The summed E-state index contributed by atoms with van der Waals surface area (Å²) in [6.07, 6.45) is -1.46. The van der Waals surface area contributed by atoms with Gasteiger partial charge in [-0.15, -0.1) is 0 Å². The van der Waals surface area contributed by atoms with Crippen LogP contribution in [0.15, 0.2) is 6.20 Å². The van der Waals surface area contributed by atoms with Gasteiger partial charge in [0.15, 0.2) is 0 Å². The molecule has 6 heteroatoms. The number of rotatable bonds is 4. The Bertz CT molecular complexity index is 347. The molecule has 0 amide bonds. The number of halogens is 3. The molecular weight excluding hydrogens is 272 g/mol. The van der Waals surface area contributed by atoms with Crippen molar-refractivity contribution in [1.29, 1.82) is 0 Å². The highest BCUT2D eigenvalue weighted by atomic mass is 79.9. The van der Waals surface area contributed by atoms with Gasteiger partial charge in [-0.05, 0) is 0 Å². The first kappa shape index (κ1) is 12.3. The van der Waals surface area contributed by atoms with Crippen LogP contribution < -0.4 is 4.74 Å². The van der Waals surface area contributed by atoms with E-state index in [2.05, 4.69) is 20.9 Å². The fourth-order valence-electron chi connectivity index (χ4n) is 1.28. The quantitative estimate of drug-likeness (QED) is 0.862. The Morgan fingerprint density at radius 2 is 2.27 bits per heavy atom. The molecule has 0 aliphatic heterocycles. The highest BCUT2D eigenvalue weighted by molar-refractivity contribution is 9.08. The van der Waals surface area contributed by atoms with Crippen LogP contribution in [0.3, 0.4) is 0 Å². The van der Waals surface area contributed by atoms with Crippen LogP contribution in [0.4, 0.5) is 8.78 Å². The van der Waals surface area contributed by atoms with E-state index in [9.17, 15) is 8.78 Å². The second-order valence-electron chi connectivity index (χ2n) is 2.76. The molecule has 0 unspecified atom stereocenters. The van der Waals surface area contributed by atoms with Crippen LogP contribution in [0.5, 0.6) is 5.75 Å². The summed E-state index contributed by atoms with van der Waals surface area (Å²) in [6, 6.07) is 0. The molecule has 1 rings (SSSR count). The zero-order valence-corrected chi connectivity index (χ0v) is 9.59. The predicted molar refractivity (Wildman–Crippen MR) is 54.3 cm³/mol. The first-order valence-electron chi connectivity index (χ1n) is 4.15. The van der Waals surface area contributed by atoms with Crippen LogP contribution in [0.1, 0.15) is 23.2 Å². The van der Waals surface area contributed by atoms with Gasteiger partial charge in [-0.3, -0.25) is 4.98 Å². The third-order valence-electron chi connectivity index (χ3n) is 2.00. The summed E-state index contributed by atoms with van der Waals surface area (Å²) in [5.74, 6) is -0.00116. The largest absolute Gasteiger partial charge is 0.495 e. The number of aliphatic hydroxyl groups excluding tert-OH is 1. The molecule has 0 aliphatic rings. The second-order valence-corrected chi connectivity index (χ2v) is 3.32. The number of aromatic nitrogens is 1. The molecular formula is C9H10BrF2NO2. The van der Waals surface area contributed by atoms with E-state index in [0.717, 1.165) is 0 Å². The standard InChI is InChI=1S/C9H10BrF2NO2/c1-15-7-3-13-6(2-10)5(4-14)8(7)9(11)12/h3,9,14H,2,4H2,1H3. The van der Waals surface area contributed by atoms with Crippen molar-refractivity contribution in [3.05, 3.63) is 23.0 Å². The van der Waals surface area contributed by atoms with Gasteiger partial charge in [0.2, 0.25) is 0 Å². The minimum Gasteiger partial charge on any atom is -0.495 e. The van der Waals surface area contributed by atoms with Crippen LogP contribution in [0.25, 0.3) is 0 Å². The Kier molecular flexibility index (Phi) is 4.41. The molecule has 0 aromatic carbocycles. The van der Waals surface area contributed by atoms with Crippen LogP contribution in [-0.4, -0.2) is 17.2 Å². The van der Waals surface area contributed by atoms with E-state index >= 15 is 0 Å². The summed E-state index contributed by atoms with van der Waals surface area (Å²) in [5.41, 5.74) is 0.235. The zero-order valence-electron chi connectivity index (χ0n) is 8.01. The van der Waals surface area contributed by atoms with Gasteiger partial charge in [-0.25, -0.2) is 8.78 Å². The van der Waals surface area contributed by atoms with Gasteiger partial charge in [-0.1, -0.05) is 15.9 Å². The van der Waals surface area contributed by atoms with E-state index in [1.54, 1.807) is 0 Å². The number of aliphatic hydroxyl groups is 1. The first-order valence-corrected chi connectivity index (χ1v) is 5.27. The van der Waals surface area contributed by atoms with Crippen molar-refractivity contribution >= 4 is 15.9 Å². The molecule has 1 heterocycles. The molecule has 0 aliphatic carbocycles. The summed E-state index contributed by atoms with van der Waals surface area (Å²) in [4.78, 5) is 3.92. The van der Waals surface area contributed by atoms with Gasteiger partial charge < -0.3 is 9.84 Å². The van der Waals surface area contributed by atoms with Crippen LogP contribution >= 0.6 is 15.9 Å². The zero-order chi connectivity index (χ0) is 11.4. The summed E-state index contributed by atoms with van der Waals surface area (Å²) in [7, 11) is 1.29. The van der Waals surface area contributed by atoms with Crippen molar-refractivity contribution in [3.8, 4) is 5.75 Å². The van der Waals surface area contributed by atoms with Gasteiger partial charge >= 0.3 is 0 Å². The number of pyridine rings is 1. The number of methoxy groups -OCH3 is 1. The van der Waals surface area contributed by atoms with Crippen LogP contribution in [0, 0.1) is 0 Å². The second kappa shape index (κ2) is 5.37. The fraction of sp³-hybridized carbons (Fsp3) is 0.444. The molecule has 1 N–H and O–H groups in total. The van der Waals surface area contributed by atoms with Gasteiger partial charge in [-0.2, -0.15) is 0 Å². The van der Waals surface area contributed by atoms with Crippen molar-refractivity contribution in [1.82, 2.24) is 4.98 Å². The van der Waals surface area contributed by atoms with Crippen molar-refractivity contribution in [2.24, 2.45) is 0 Å². The van der Waals surface area contributed by atoms with Gasteiger partial charge in [0.1, 0.15) is 5.75 Å².